The summed E-state index contributed by atoms with van der Waals surface area (Å²) in [6.45, 7) is 5.47. The summed E-state index contributed by atoms with van der Waals surface area (Å²) < 4.78 is 0. The molecule has 0 saturated carbocycles. The van der Waals surface area contributed by atoms with E-state index in [0.717, 1.165) is 37.8 Å². The maximum atomic E-state index is 11.3. The van der Waals surface area contributed by atoms with Crippen molar-refractivity contribution in [3.05, 3.63) is 18.1 Å². The number of piperazine rings is 1. The number of anilines is 1. The van der Waals surface area contributed by atoms with Crippen LogP contribution in [-0.4, -0.2) is 54.0 Å². The predicted octanol–water partition coefficient (Wildman–Crippen LogP) is -0.136. The molecule has 1 aromatic rings. The molecule has 1 saturated heterocycles. The lowest BCUT2D eigenvalue weighted by molar-refractivity contribution is -0.129. The van der Waals surface area contributed by atoms with E-state index in [-0.39, 0.29) is 5.91 Å². The zero-order valence-electron chi connectivity index (χ0n) is 10.9. The Morgan fingerprint density at radius 3 is 2.72 bits per heavy atom. The van der Waals surface area contributed by atoms with Crippen LogP contribution in [0.5, 0.6) is 0 Å². The number of carbonyl (C=O) groups excluding carboxylic acids is 1. The second kappa shape index (κ2) is 5.77. The molecule has 0 spiro atoms. The van der Waals surface area contributed by atoms with Gasteiger partial charge in [0, 0.05) is 39.3 Å². The van der Waals surface area contributed by atoms with E-state index >= 15 is 0 Å². The molecule has 18 heavy (non-hydrogen) atoms. The summed E-state index contributed by atoms with van der Waals surface area (Å²) in [4.78, 5) is 24.0. The number of rotatable bonds is 3. The van der Waals surface area contributed by atoms with Gasteiger partial charge in [0.25, 0.3) is 0 Å². The first-order chi connectivity index (χ1) is 8.70. The number of nitrogens with zero attached hydrogens (tertiary/aromatic N) is 4. The van der Waals surface area contributed by atoms with Gasteiger partial charge in [-0.2, -0.15) is 0 Å². The first-order valence-corrected chi connectivity index (χ1v) is 6.17. The number of amides is 1. The molecule has 1 aromatic heterocycles. The first kappa shape index (κ1) is 12.8. The molecule has 98 valence electrons. The summed E-state index contributed by atoms with van der Waals surface area (Å²) in [5.74, 6) is 1.88. The molecule has 1 aliphatic heterocycles. The van der Waals surface area contributed by atoms with Gasteiger partial charge in [0.05, 0.1) is 6.54 Å². The maximum Gasteiger partial charge on any atom is 0.219 e. The minimum absolute atomic E-state index is 0.146. The van der Waals surface area contributed by atoms with Gasteiger partial charge in [-0.25, -0.2) is 9.97 Å². The fourth-order valence-corrected chi connectivity index (χ4v) is 2.06. The number of aromatic nitrogens is 2. The zero-order chi connectivity index (χ0) is 13.0. The topological polar surface area (TPSA) is 61.4 Å². The first-order valence-electron chi connectivity index (χ1n) is 6.17. The molecule has 1 fully saturated rings. The van der Waals surface area contributed by atoms with Crippen molar-refractivity contribution < 1.29 is 4.79 Å². The van der Waals surface area contributed by atoms with E-state index in [0.29, 0.717) is 6.54 Å². The van der Waals surface area contributed by atoms with Crippen LogP contribution in [0.2, 0.25) is 0 Å². The fraction of sp³-hybridized carbons (Fsp3) is 0.583. The van der Waals surface area contributed by atoms with E-state index in [4.69, 9.17) is 0 Å². The quantitative estimate of drug-likeness (QED) is 0.808. The van der Waals surface area contributed by atoms with Gasteiger partial charge in [-0.15, -0.1) is 0 Å². The molecular formula is C12H19N5O. The van der Waals surface area contributed by atoms with Gasteiger partial charge in [-0.05, 0) is 13.1 Å². The van der Waals surface area contributed by atoms with Crippen molar-refractivity contribution in [3.8, 4) is 0 Å². The standard InChI is InChI=1S/C12H19N5O/c1-10(18)16-5-7-17(8-6-16)12-3-4-14-11(15-12)9-13-2/h3-4,13H,5-9H2,1-2H3. The van der Waals surface area contributed by atoms with Crippen LogP contribution in [0.1, 0.15) is 12.7 Å². The van der Waals surface area contributed by atoms with E-state index < -0.39 is 0 Å². The Labute approximate surface area is 107 Å². The molecule has 0 bridgehead atoms. The number of hydrogen-bond acceptors (Lipinski definition) is 5. The summed E-state index contributed by atoms with van der Waals surface area (Å²) in [5, 5.41) is 3.04. The van der Waals surface area contributed by atoms with Crippen molar-refractivity contribution in [2.45, 2.75) is 13.5 Å². The lowest BCUT2D eigenvalue weighted by Gasteiger charge is -2.34. The molecule has 0 radical (unpaired) electrons. The van der Waals surface area contributed by atoms with Gasteiger partial charge in [0.2, 0.25) is 5.91 Å². The minimum Gasteiger partial charge on any atom is -0.353 e. The summed E-state index contributed by atoms with van der Waals surface area (Å²) in [6, 6.07) is 1.92. The van der Waals surface area contributed by atoms with Crippen LogP contribution >= 0.6 is 0 Å². The molecule has 0 unspecified atom stereocenters. The van der Waals surface area contributed by atoms with Crippen molar-refractivity contribution in [2.24, 2.45) is 0 Å². The van der Waals surface area contributed by atoms with Crippen LogP contribution in [0.4, 0.5) is 5.82 Å². The highest BCUT2D eigenvalue weighted by Gasteiger charge is 2.19. The Morgan fingerprint density at radius 1 is 1.39 bits per heavy atom. The normalized spacial score (nSPS) is 15.9. The molecule has 2 heterocycles. The smallest absolute Gasteiger partial charge is 0.219 e. The second-order valence-corrected chi connectivity index (χ2v) is 4.35. The van der Waals surface area contributed by atoms with Crippen LogP contribution in [0.25, 0.3) is 0 Å². The van der Waals surface area contributed by atoms with Crippen LogP contribution in [0, 0.1) is 0 Å². The van der Waals surface area contributed by atoms with Crippen molar-refractivity contribution in [1.82, 2.24) is 20.2 Å². The third-order valence-electron chi connectivity index (χ3n) is 3.07. The van der Waals surface area contributed by atoms with Crippen LogP contribution < -0.4 is 10.2 Å². The molecule has 1 amide bonds. The molecule has 0 aliphatic carbocycles. The number of nitrogens with one attached hydrogen (secondary N) is 1. The van der Waals surface area contributed by atoms with Gasteiger partial charge in [-0.3, -0.25) is 4.79 Å². The molecule has 1 N–H and O–H groups in total. The van der Waals surface area contributed by atoms with E-state index in [9.17, 15) is 4.79 Å². The van der Waals surface area contributed by atoms with E-state index in [1.165, 1.54) is 0 Å². The van der Waals surface area contributed by atoms with E-state index in [1.807, 2.05) is 18.0 Å². The van der Waals surface area contributed by atoms with E-state index in [1.54, 1.807) is 13.1 Å². The average molecular weight is 249 g/mol. The Balaban J connectivity index is 2.00. The molecular weight excluding hydrogens is 230 g/mol. The van der Waals surface area contributed by atoms with Crippen LogP contribution in [0.15, 0.2) is 12.3 Å². The third kappa shape index (κ3) is 2.95. The lowest BCUT2D eigenvalue weighted by atomic mass is 10.3. The lowest BCUT2D eigenvalue weighted by Crippen LogP contribution is -2.48. The molecule has 6 heteroatoms. The monoisotopic (exact) mass is 249 g/mol. The summed E-state index contributed by atoms with van der Waals surface area (Å²) >= 11 is 0. The van der Waals surface area contributed by atoms with Gasteiger partial charge in [0.1, 0.15) is 11.6 Å². The second-order valence-electron chi connectivity index (χ2n) is 4.35. The van der Waals surface area contributed by atoms with Gasteiger partial charge >= 0.3 is 0 Å². The maximum absolute atomic E-state index is 11.3. The van der Waals surface area contributed by atoms with E-state index in [2.05, 4.69) is 20.2 Å². The number of hydrogen-bond donors (Lipinski definition) is 1. The van der Waals surface area contributed by atoms with Gasteiger partial charge in [0.15, 0.2) is 0 Å². The Morgan fingerprint density at radius 2 is 2.11 bits per heavy atom. The number of carbonyl (C=O) groups is 1. The summed E-state index contributed by atoms with van der Waals surface area (Å²) in [7, 11) is 1.88. The molecule has 2 rings (SSSR count). The Kier molecular flexibility index (Phi) is 4.09. The van der Waals surface area contributed by atoms with Gasteiger partial charge in [-0.1, -0.05) is 0 Å². The van der Waals surface area contributed by atoms with Gasteiger partial charge < -0.3 is 15.1 Å². The average Bonchev–Trinajstić information content (AvgIpc) is 2.39. The predicted molar refractivity (Wildman–Crippen MR) is 69.3 cm³/mol. The third-order valence-corrected chi connectivity index (χ3v) is 3.07. The minimum atomic E-state index is 0.146. The SMILES string of the molecule is CNCc1nccc(N2CCN(C(C)=O)CC2)n1. The highest BCUT2D eigenvalue weighted by atomic mass is 16.2. The highest BCUT2D eigenvalue weighted by Crippen LogP contribution is 2.13. The summed E-state index contributed by atoms with van der Waals surface area (Å²) in [5.41, 5.74) is 0. The summed E-state index contributed by atoms with van der Waals surface area (Å²) in [6.07, 6.45) is 1.78. The molecule has 6 nitrogen and oxygen atoms in total. The van der Waals surface area contributed by atoms with Crippen molar-refractivity contribution in [2.75, 3.05) is 38.1 Å². The molecule has 0 atom stereocenters. The largest absolute Gasteiger partial charge is 0.353 e. The molecule has 1 aliphatic rings. The zero-order valence-corrected chi connectivity index (χ0v) is 10.9. The Hall–Kier alpha value is -1.69. The Bertz CT molecular complexity index is 415. The fourth-order valence-electron chi connectivity index (χ4n) is 2.06. The highest BCUT2D eigenvalue weighted by molar-refractivity contribution is 5.73. The van der Waals surface area contributed by atoms with Crippen LogP contribution in [0.3, 0.4) is 0 Å². The van der Waals surface area contributed by atoms with Crippen LogP contribution in [-0.2, 0) is 11.3 Å². The van der Waals surface area contributed by atoms with Crippen molar-refractivity contribution in [1.29, 1.82) is 0 Å². The molecule has 0 aromatic carbocycles. The van der Waals surface area contributed by atoms with Crippen molar-refractivity contribution >= 4 is 11.7 Å². The van der Waals surface area contributed by atoms with Crippen molar-refractivity contribution in [3.63, 3.8) is 0 Å².